The smallest absolute Gasteiger partial charge is 0.304 e. The zero-order valence-electron chi connectivity index (χ0n) is 29.9. The van der Waals surface area contributed by atoms with Crippen LogP contribution in [-0.4, -0.2) is 30.0 Å². The maximum Gasteiger partial charge on any atom is 0.304 e. The SMILES string of the molecule is C=C1CC([N+](=C)/C=C(\C)[Si](C)(C)C)C(C)CCc2ccc3c(oc4ccccc43)c2-c2n1c1ccccc1[n+]2-c1c(C)cc(C)cc1C. The number of furan rings is 1. The summed E-state index contributed by atoms with van der Waals surface area (Å²) in [4.78, 5) is 0. The van der Waals surface area contributed by atoms with Crippen LogP contribution in [-0.2, 0) is 6.42 Å². The van der Waals surface area contributed by atoms with Gasteiger partial charge in [0.25, 0.3) is 0 Å². The van der Waals surface area contributed by atoms with Crippen LogP contribution in [0.4, 0.5) is 0 Å². The molecule has 4 aromatic carbocycles. The van der Waals surface area contributed by atoms with Gasteiger partial charge in [0.1, 0.15) is 29.2 Å². The van der Waals surface area contributed by atoms with Crippen LogP contribution in [0.25, 0.3) is 55.7 Å². The van der Waals surface area contributed by atoms with E-state index < -0.39 is 8.07 Å². The Morgan fingerprint density at radius 2 is 1.65 bits per heavy atom. The number of hydrogen-bond acceptors (Lipinski definition) is 1. The zero-order chi connectivity index (χ0) is 34.1. The number of hydrogen-bond donors (Lipinski definition) is 0. The lowest BCUT2D eigenvalue weighted by Crippen LogP contribution is -2.36. The summed E-state index contributed by atoms with van der Waals surface area (Å²) in [5.41, 5.74) is 12.7. The second-order valence-electron chi connectivity index (χ2n) is 15.2. The highest BCUT2D eigenvalue weighted by Crippen LogP contribution is 2.42. The molecule has 3 heterocycles. The van der Waals surface area contributed by atoms with Gasteiger partial charge in [-0.25, -0.2) is 4.58 Å². The molecule has 6 aromatic rings. The summed E-state index contributed by atoms with van der Waals surface area (Å²) in [6, 6.07) is 26.7. The van der Waals surface area contributed by atoms with E-state index in [2.05, 4.69) is 154 Å². The first-order valence-electron chi connectivity index (χ1n) is 17.4. The normalized spacial score (nSPS) is 17.6. The highest BCUT2D eigenvalue weighted by molar-refractivity contribution is 6.82. The Kier molecular flexibility index (Phi) is 7.95. The Bertz CT molecular complexity index is 2290. The molecule has 0 bridgehead atoms. The predicted octanol–water partition coefficient (Wildman–Crippen LogP) is 10.7. The molecule has 7 rings (SSSR count). The lowest BCUT2D eigenvalue weighted by atomic mass is 9.88. The molecule has 0 spiro atoms. The molecule has 2 unspecified atom stereocenters. The minimum absolute atomic E-state index is 0.200. The van der Waals surface area contributed by atoms with Crippen molar-refractivity contribution in [3.63, 3.8) is 0 Å². The Hall–Kier alpha value is -4.48. The fraction of sp³-hybridized carbons (Fsp3) is 0.302. The Morgan fingerprint density at radius 1 is 0.958 bits per heavy atom. The molecule has 4 nitrogen and oxygen atoms in total. The van der Waals surface area contributed by atoms with Gasteiger partial charge in [-0.3, -0.25) is 0 Å². The lowest BCUT2D eigenvalue weighted by Gasteiger charge is -2.24. The van der Waals surface area contributed by atoms with E-state index in [1.807, 2.05) is 0 Å². The van der Waals surface area contributed by atoms with Crippen LogP contribution in [0.2, 0.25) is 19.6 Å². The number of para-hydroxylation sites is 3. The largest absolute Gasteiger partial charge is 0.455 e. The standard InChI is InChI=1S/C43H49N3OSi/c1-27-23-29(3)41(30(4)24-27)46-37-17-13-12-16-36(37)45-31(5)25-38(44(7)26-32(6)48(8,9)10)28(2)19-20-33-21-22-35-34-15-11-14-18-39(34)47-42(35)40(33)43(45)46/h11-18,21-24,26,28,38H,5,7,19-20,25H2,1-4,6,8-10H3/q+2/b32-26+. The van der Waals surface area contributed by atoms with Crippen molar-refractivity contribution in [1.82, 2.24) is 4.57 Å². The fourth-order valence-corrected chi connectivity index (χ4v) is 8.39. The molecule has 0 amide bonds. The summed E-state index contributed by atoms with van der Waals surface area (Å²) in [6.45, 7) is 28.1. The van der Waals surface area contributed by atoms with E-state index in [0.29, 0.717) is 5.92 Å². The molecule has 2 aromatic heterocycles. The van der Waals surface area contributed by atoms with Gasteiger partial charge in [-0.2, -0.15) is 9.13 Å². The van der Waals surface area contributed by atoms with Gasteiger partial charge in [0.15, 0.2) is 28.9 Å². The molecule has 48 heavy (non-hydrogen) atoms. The van der Waals surface area contributed by atoms with Gasteiger partial charge in [-0.05, 0) is 80.6 Å². The monoisotopic (exact) mass is 651 g/mol. The van der Waals surface area contributed by atoms with Gasteiger partial charge >= 0.3 is 5.82 Å². The van der Waals surface area contributed by atoms with Gasteiger partial charge in [-0.1, -0.05) is 93.3 Å². The molecule has 2 atom stereocenters. The third kappa shape index (κ3) is 5.29. The van der Waals surface area contributed by atoms with Crippen LogP contribution in [0, 0.1) is 26.7 Å². The van der Waals surface area contributed by atoms with E-state index in [1.54, 1.807) is 0 Å². The van der Waals surface area contributed by atoms with E-state index in [-0.39, 0.29) is 6.04 Å². The van der Waals surface area contributed by atoms with Crippen molar-refractivity contribution in [2.24, 2.45) is 5.92 Å². The Morgan fingerprint density at radius 3 is 2.38 bits per heavy atom. The molecule has 244 valence electrons. The van der Waals surface area contributed by atoms with Gasteiger partial charge in [0.05, 0.1) is 14.5 Å². The second kappa shape index (κ2) is 11.9. The molecule has 0 N–H and O–H groups in total. The van der Waals surface area contributed by atoms with E-state index in [9.17, 15) is 0 Å². The first kappa shape index (κ1) is 32.1. The second-order valence-corrected chi connectivity index (χ2v) is 20.5. The average Bonchev–Trinajstić information content (AvgIpc) is 3.57. The van der Waals surface area contributed by atoms with Crippen LogP contribution in [0.15, 0.2) is 95.2 Å². The molecule has 0 fully saturated rings. The quantitative estimate of drug-likeness (QED) is 0.106. The predicted molar refractivity (Wildman–Crippen MR) is 206 cm³/mol. The van der Waals surface area contributed by atoms with Crippen molar-refractivity contribution in [1.29, 1.82) is 0 Å². The summed E-state index contributed by atoms with van der Waals surface area (Å²) in [5.74, 6) is 1.50. The topological polar surface area (TPSA) is 25.0 Å². The van der Waals surface area contributed by atoms with Crippen molar-refractivity contribution in [3.8, 4) is 17.1 Å². The van der Waals surface area contributed by atoms with Crippen LogP contribution in [0.1, 0.15) is 48.9 Å². The maximum atomic E-state index is 6.86. The van der Waals surface area contributed by atoms with Crippen LogP contribution in [0.3, 0.4) is 0 Å². The Balaban J connectivity index is 1.59. The molecular formula is C43H49N3OSi+2. The summed E-state index contributed by atoms with van der Waals surface area (Å²) in [6.07, 6.45) is 5.09. The van der Waals surface area contributed by atoms with Crippen molar-refractivity contribution in [2.45, 2.75) is 79.6 Å². The molecule has 5 heteroatoms. The minimum Gasteiger partial charge on any atom is -0.455 e. The molecule has 1 aliphatic heterocycles. The first-order chi connectivity index (χ1) is 22.8. The van der Waals surface area contributed by atoms with Crippen LogP contribution >= 0.6 is 0 Å². The third-order valence-corrected chi connectivity index (χ3v) is 13.3. The zero-order valence-corrected chi connectivity index (χ0v) is 30.9. The first-order valence-corrected chi connectivity index (χ1v) is 20.9. The Labute approximate surface area is 286 Å². The number of aromatic nitrogens is 2. The highest BCUT2D eigenvalue weighted by Gasteiger charge is 2.39. The number of benzene rings is 4. The third-order valence-electron chi connectivity index (χ3n) is 10.8. The molecule has 0 saturated carbocycles. The number of allylic oxidation sites excluding steroid dienone is 1. The summed E-state index contributed by atoms with van der Waals surface area (Å²) >= 11 is 0. The molecule has 1 aliphatic rings. The summed E-state index contributed by atoms with van der Waals surface area (Å²) < 4.78 is 14.0. The van der Waals surface area contributed by atoms with E-state index >= 15 is 0 Å². The lowest BCUT2D eigenvalue weighted by molar-refractivity contribution is -0.556. The van der Waals surface area contributed by atoms with Gasteiger partial charge in [0, 0.05) is 16.7 Å². The van der Waals surface area contributed by atoms with Gasteiger partial charge in [-0.15, -0.1) is 0 Å². The van der Waals surface area contributed by atoms with Gasteiger partial charge in [0.2, 0.25) is 0 Å². The molecule has 0 saturated heterocycles. The summed E-state index contributed by atoms with van der Waals surface area (Å²) in [5, 5.41) is 3.75. The maximum absolute atomic E-state index is 6.86. The highest BCUT2D eigenvalue weighted by atomic mass is 28.3. The fourth-order valence-electron chi connectivity index (χ4n) is 7.84. The van der Waals surface area contributed by atoms with E-state index in [4.69, 9.17) is 11.0 Å². The molecule has 0 radical (unpaired) electrons. The van der Waals surface area contributed by atoms with E-state index in [0.717, 1.165) is 69.3 Å². The number of aryl methyl sites for hydroxylation is 4. The van der Waals surface area contributed by atoms with Crippen molar-refractivity contribution < 1.29 is 13.6 Å². The summed E-state index contributed by atoms with van der Waals surface area (Å²) in [7, 11) is -1.46. The average molecular weight is 652 g/mol. The molecule has 0 aliphatic carbocycles. The molecular weight excluding hydrogens is 603 g/mol. The van der Waals surface area contributed by atoms with Gasteiger partial charge < -0.3 is 4.42 Å². The van der Waals surface area contributed by atoms with Crippen molar-refractivity contribution >= 4 is 53.5 Å². The van der Waals surface area contributed by atoms with Crippen molar-refractivity contribution in [2.75, 3.05) is 0 Å². The number of fused-ring (bicyclic) bond motifs is 9. The number of rotatable bonds is 4. The number of imidazole rings is 1. The van der Waals surface area contributed by atoms with Crippen LogP contribution in [0.5, 0.6) is 0 Å². The minimum atomic E-state index is -1.46. The number of nitrogens with zero attached hydrogens (tertiary/aromatic N) is 3. The van der Waals surface area contributed by atoms with Crippen molar-refractivity contribution in [3.05, 3.63) is 113 Å². The van der Waals surface area contributed by atoms with Crippen LogP contribution < -0.4 is 4.57 Å². The van der Waals surface area contributed by atoms with E-state index in [1.165, 1.54) is 33.1 Å².